The predicted octanol–water partition coefficient (Wildman–Crippen LogP) is 3.66. The van der Waals surface area contributed by atoms with Crippen molar-refractivity contribution in [1.29, 1.82) is 0 Å². The lowest BCUT2D eigenvalue weighted by Crippen LogP contribution is -2.34. The SMILES string of the molecule is Cc1csc2nc(CN3CCC(Cc4cccc(F)c4)CC3)cc(=O)n12. The fourth-order valence-electron chi connectivity index (χ4n) is 3.76. The summed E-state index contributed by atoms with van der Waals surface area (Å²) < 4.78 is 15.0. The Bertz CT molecular complexity index is 973. The fraction of sp³-hybridized carbons (Fsp3) is 0.400. The third-order valence-electron chi connectivity index (χ3n) is 5.13. The maximum atomic E-state index is 13.3. The number of fused-ring (bicyclic) bond motifs is 1. The molecule has 0 radical (unpaired) electrons. The number of likely N-dealkylation sites (tertiary alicyclic amines) is 1. The molecule has 2 aromatic heterocycles. The Balaban J connectivity index is 1.37. The van der Waals surface area contributed by atoms with E-state index in [9.17, 15) is 9.18 Å². The van der Waals surface area contributed by atoms with Crippen molar-refractivity contribution in [2.45, 2.75) is 32.7 Å². The number of thiazole rings is 1. The standard InChI is InChI=1S/C20H22FN3OS/c1-14-13-26-20-22-18(11-19(25)24(14)20)12-23-7-5-15(6-8-23)9-16-3-2-4-17(21)10-16/h2-4,10-11,13,15H,5-9,12H2,1H3. The van der Waals surface area contributed by atoms with Crippen molar-refractivity contribution in [2.24, 2.45) is 5.92 Å². The molecule has 1 fully saturated rings. The van der Waals surface area contributed by atoms with Gasteiger partial charge in [0.25, 0.3) is 5.56 Å². The van der Waals surface area contributed by atoms with Gasteiger partial charge in [0.15, 0.2) is 4.96 Å². The number of nitrogens with zero attached hydrogens (tertiary/aromatic N) is 3. The minimum Gasteiger partial charge on any atom is -0.297 e. The van der Waals surface area contributed by atoms with E-state index in [-0.39, 0.29) is 11.4 Å². The summed E-state index contributed by atoms with van der Waals surface area (Å²) in [5.74, 6) is 0.436. The van der Waals surface area contributed by atoms with Crippen LogP contribution in [-0.4, -0.2) is 27.4 Å². The molecular weight excluding hydrogens is 349 g/mol. The Morgan fingerprint density at radius 2 is 2.08 bits per heavy atom. The summed E-state index contributed by atoms with van der Waals surface area (Å²) in [5.41, 5.74) is 2.87. The Hall–Kier alpha value is -2.05. The molecule has 6 heteroatoms. The number of halogens is 1. The quantitative estimate of drug-likeness (QED) is 0.702. The number of hydrogen-bond acceptors (Lipinski definition) is 4. The molecular formula is C20H22FN3OS. The van der Waals surface area contributed by atoms with Crippen molar-refractivity contribution in [3.63, 3.8) is 0 Å². The van der Waals surface area contributed by atoms with Gasteiger partial charge < -0.3 is 0 Å². The van der Waals surface area contributed by atoms with Crippen LogP contribution in [0.2, 0.25) is 0 Å². The summed E-state index contributed by atoms with van der Waals surface area (Å²) in [6.45, 7) is 4.63. The highest BCUT2D eigenvalue weighted by Gasteiger charge is 2.20. The van der Waals surface area contributed by atoms with Gasteiger partial charge in [0.05, 0.1) is 5.69 Å². The molecule has 1 aliphatic rings. The average molecular weight is 371 g/mol. The summed E-state index contributed by atoms with van der Waals surface area (Å²) >= 11 is 1.51. The summed E-state index contributed by atoms with van der Waals surface area (Å²) in [5, 5.41) is 1.96. The second-order valence-electron chi connectivity index (χ2n) is 7.13. The topological polar surface area (TPSA) is 37.6 Å². The van der Waals surface area contributed by atoms with Gasteiger partial charge in [-0.05, 0) is 62.9 Å². The van der Waals surface area contributed by atoms with Gasteiger partial charge >= 0.3 is 0 Å². The Kier molecular flexibility index (Phi) is 4.87. The molecule has 4 nitrogen and oxygen atoms in total. The Morgan fingerprint density at radius 3 is 2.85 bits per heavy atom. The van der Waals surface area contributed by atoms with E-state index in [1.165, 1.54) is 17.4 Å². The monoisotopic (exact) mass is 371 g/mol. The maximum absolute atomic E-state index is 13.3. The third kappa shape index (κ3) is 3.71. The van der Waals surface area contributed by atoms with E-state index >= 15 is 0 Å². The zero-order chi connectivity index (χ0) is 18.1. The molecule has 0 unspecified atom stereocenters. The lowest BCUT2D eigenvalue weighted by molar-refractivity contribution is 0.175. The molecule has 1 aliphatic heterocycles. The molecule has 0 amide bonds. The van der Waals surface area contributed by atoms with Gasteiger partial charge in [-0.2, -0.15) is 0 Å². The van der Waals surface area contributed by atoms with Crippen LogP contribution < -0.4 is 5.56 Å². The molecule has 0 bridgehead atoms. The van der Waals surface area contributed by atoms with Crippen LogP contribution in [0.1, 0.15) is 29.8 Å². The van der Waals surface area contributed by atoms with Crippen LogP contribution in [0.3, 0.4) is 0 Å². The first-order valence-electron chi connectivity index (χ1n) is 9.02. The maximum Gasteiger partial charge on any atom is 0.259 e. The lowest BCUT2D eigenvalue weighted by Gasteiger charge is -2.31. The third-order valence-corrected chi connectivity index (χ3v) is 6.08. The summed E-state index contributed by atoms with van der Waals surface area (Å²) in [6.07, 6.45) is 3.12. The smallest absolute Gasteiger partial charge is 0.259 e. The predicted molar refractivity (Wildman–Crippen MR) is 102 cm³/mol. The largest absolute Gasteiger partial charge is 0.297 e. The normalized spacial score (nSPS) is 16.4. The molecule has 0 N–H and O–H groups in total. The van der Waals surface area contributed by atoms with Crippen LogP contribution in [0.15, 0.2) is 40.5 Å². The van der Waals surface area contributed by atoms with E-state index in [1.54, 1.807) is 22.6 Å². The molecule has 0 spiro atoms. The van der Waals surface area contributed by atoms with Crippen LogP contribution in [0, 0.1) is 18.7 Å². The number of hydrogen-bond donors (Lipinski definition) is 0. The fourth-order valence-corrected chi connectivity index (χ4v) is 4.65. The van der Waals surface area contributed by atoms with E-state index in [1.807, 2.05) is 18.4 Å². The minimum atomic E-state index is -0.156. The molecule has 3 aromatic rings. The van der Waals surface area contributed by atoms with Crippen LogP contribution in [0.25, 0.3) is 4.96 Å². The number of rotatable bonds is 4. The first kappa shape index (κ1) is 17.4. The van der Waals surface area contributed by atoms with E-state index in [0.717, 1.165) is 60.8 Å². The first-order chi connectivity index (χ1) is 12.6. The van der Waals surface area contributed by atoms with Crippen LogP contribution in [0.4, 0.5) is 4.39 Å². The van der Waals surface area contributed by atoms with Gasteiger partial charge in [-0.1, -0.05) is 12.1 Å². The highest BCUT2D eigenvalue weighted by Crippen LogP contribution is 2.23. The molecule has 1 saturated heterocycles. The molecule has 26 heavy (non-hydrogen) atoms. The van der Waals surface area contributed by atoms with Crippen molar-refractivity contribution in [3.05, 3.63) is 68.8 Å². The van der Waals surface area contributed by atoms with Crippen LogP contribution in [-0.2, 0) is 13.0 Å². The summed E-state index contributed by atoms with van der Waals surface area (Å²) in [4.78, 5) is 20.1. The van der Waals surface area contributed by atoms with Crippen molar-refractivity contribution >= 4 is 16.3 Å². The second-order valence-corrected chi connectivity index (χ2v) is 7.97. The van der Waals surface area contributed by atoms with Gasteiger partial charge in [-0.25, -0.2) is 9.37 Å². The van der Waals surface area contributed by atoms with Crippen molar-refractivity contribution in [3.8, 4) is 0 Å². The van der Waals surface area contributed by atoms with Gasteiger partial charge in [-0.15, -0.1) is 11.3 Å². The van der Waals surface area contributed by atoms with E-state index in [2.05, 4.69) is 9.88 Å². The zero-order valence-electron chi connectivity index (χ0n) is 14.8. The molecule has 3 heterocycles. The molecule has 0 aliphatic carbocycles. The molecule has 136 valence electrons. The minimum absolute atomic E-state index is 0.00439. The zero-order valence-corrected chi connectivity index (χ0v) is 15.6. The molecule has 0 saturated carbocycles. The summed E-state index contributed by atoms with van der Waals surface area (Å²) in [7, 11) is 0. The Morgan fingerprint density at radius 1 is 1.27 bits per heavy atom. The van der Waals surface area contributed by atoms with E-state index in [4.69, 9.17) is 0 Å². The van der Waals surface area contributed by atoms with Gasteiger partial charge in [0, 0.05) is 23.7 Å². The highest BCUT2D eigenvalue weighted by molar-refractivity contribution is 7.15. The first-order valence-corrected chi connectivity index (χ1v) is 9.90. The van der Waals surface area contributed by atoms with E-state index < -0.39 is 0 Å². The van der Waals surface area contributed by atoms with Gasteiger partial charge in [-0.3, -0.25) is 14.1 Å². The number of aryl methyl sites for hydroxylation is 1. The van der Waals surface area contributed by atoms with Crippen molar-refractivity contribution in [1.82, 2.24) is 14.3 Å². The molecule has 1 aromatic carbocycles. The highest BCUT2D eigenvalue weighted by atomic mass is 32.1. The van der Waals surface area contributed by atoms with Crippen LogP contribution in [0.5, 0.6) is 0 Å². The molecule has 0 atom stereocenters. The number of piperidine rings is 1. The number of aromatic nitrogens is 2. The Labute approximate surface area is 155 Å². The van der Waals surface area contributed by atoms with Crippen molar-refractivity contribution in [2.75, 3.05) is 13.1 Å². The van der Waals surface area contributed by atoms with Crippen LogP contribution >= 0.6 is 11.3 Å². The van der Waals surface area contributed by atoms with Gasteiger partial charge in [0.2, 0.25) is 0 Å². The lowest BCUT2D eigenvalue weighted by atomic mass is 9.90. The molecule has 4 rings (SSSR count). The van der Waals surface area contributed by atoms with E-state index in [0.29, 0.717) is 5.92 Å². The average Bonchev–Trinajstić information content (AvgIpc) is 2.98. The second kappa shape index (κ2) is 7.29. The number of benzene rings is 1. The van der Waals surface area contributed by atoms with Crippen molar-refractivity contribution < 1.29 is 4.39 Å². The summed E-state index contributed by atoms with van der Waals surface area (Å²) in [6, 6.07) is 8.58. The van der Waals surface area contributed by atoms with Gasteiger partial charge in [0.1, 0.15) is 5.82 Å².